The second-order valence-corrected chi connectivity index (χ2v) is 5.09. The maximum atomic E-state index is 13.8. The molecule has 0 heterocycles. The van der Waals surface area contributed by atoms with Gasteiger partial charge in [-0.1, -0.05) is 29.8 Å². The Hall–Kier alpha value is -2.27. The monoisotopic (exact) mass is 322 g/mol. The average Bonchev–Trinajstić information content (AvgIpc) is 2.51. The van der Waals surface area contributed by atoms with E-state index in [0.29, 0.717) is 11.4 Å². The van der Waals surface area contributed by atoms with Gasteiger partial charge in [0.1, 0.15) is 11.6 Å². The minimum Gasteiger partial charge on any atom is -0.495 e. The molecule has 0 unspecified atom stereocenters. The molecule has 2 aromatic rings. The number of benzene rings is 2. The first-order valence-corrected chi connectivity index (χ1v) is 6.98. The highest BCUT2D eigenvalue weighted by atomic mass is 35.5. The summed E-state index contributed by atoms with van der Waals surface area (Å²) in [4.78, 5) is 13.5. The molecule has 0 aromatic heterocycles. The number of hydrogen-bond acceptors (Lipinski definition) is 2. The van der Waals surface area contributed by atoms with Gasteiger partial charge in [0.15, 0.2) is 0 Å². The first-order valence-electron chi connectivity index (χ1n) is 6.61. The van der Waals surface area contributed by atoms with Crippen LogP contribution in [0.5, 0.6) is 5.75 Å². The number of halogens is 2. The third kappa shape index (κ3) is 3.68. The molecule has 6 heteroatoms. The molecule has 2 aromatic carbocycles. The third-order valence-electron chi connectivity index (χ3n) is 3.15. The number of hydrogen-bond donors (Lipinski definition) is 1. The van der Waals surface area contributed by atoms with E-state index < -0.39 is 5.82 Å². The number of carbonyl (C=O) groups is 1. The second-order valence-electron chi connectivity index (χ2n) is 4.69. The van der Waals surface area contributed by atoms with Crippen LogP contribution in [0, 0.1) is 5.82 Å². The van der Waals surface area contributed by atoms with Crippen LogP contribution in [-0.2, 0) is 6.54 Å². The Morgan fingerprint density at radius 1 is 1.27 bits per heavy atom. The van der Waals surface area contributed by atoms with Gasteiger partial charge in [-0.2, -0.15) is 0 Å². The van der Waals surface area contributed by atoms with Crippen molar-refractivity contribution in [2.24, 2.45) is 0 Å². The Bertz CT molecular complexity index is 659. The fraction of sp³-hybridized carbons (Fsp3) is 0.188. The van der Waals surface area contributed by atoms with Crippen LogP contribution in [0.2, 0.25) is 5.02 Å². The smallest absolute Gasteiger partial charge is 0.321 e. The molecule has 1 N–H and O–H groups in total. The molecule has 0 radical (unpaired) electrons. The maximum absolute atomic E-state index is 13.8. The van der Waals surface area contributed by atoms with Gasteiger partial charge >= 0.3 is 6.03 Å². The van der Waals surface area contributed by atoms with Crippen molar-refractivity contribution in [1.82, 2.24) is 4.90 Å². The van der Waals surface area contributed by atoms with Crippen molar-refractivity contribution in [3.05, 3.63) is 58.9 Å². The summed E-state index contributed by atoms with van der Waals surface area (Å²) in [7, 11) is 3.08. The zero-order chi connectivity index (χ0) is 16.1. The number of nitrogens with zero attached hydrogens (tertiary/aromatic N) is 1. The highest BCUT2D eigenvalue weighted by Crippen LogP contribution is 2.24. The molecule has 0 fully saturated rings. The molecular weight excluding hydrogens is 307 g/mol. The van der Waals surface area contributed by atoms with E-state index in [1.54, 1.807) is 37.4 Å². The van der Waals surface area contributed by atoms with Gasteiger partial charge in [0, 0.05) is 17.6 Å². The Morgan fingerprint density at radius 3 is 2.68 bits per heavy atom. The SMILES string of the molecule is COc1ccccc1NC(=O)N(C)Cc1c(F)cccc1Cl. The fourth-order valence-corrected chi connectivity index (χ4v) is 2.17. The van der Waals surface area contributed by atoms with E-state index in [4.69, 9.17) is 16.3 Å². The number of para-hydroxylation sites is 2. The van der Waals surface area contributed by atoms with E-state index >= 15 is 0 Å². The van der Waals surface area contributed by atoms with Gasteiger partial charge in [-0.25, -0.2) is 9.18 Å². The number of urea groups is 1. The van der Waals surface area contributed by atoms with Crippen LogP contribution in [-0.4, -0.2) is 25.1 Å². The summed E-state index contributed by atoms with van der Waals surface area (Å²) in [6.45, 7) is 0.0620. The lowest BCUT2D eigenvalue weighted by molar-refractivity contribution is 0.220. The van der Waals surface area contributed by atoms with E-state index in [-0.39, 0.29) is 23.2 Å². The summed E-state index contributed by atoms with van der Waals surface area (Å²) >= 11 is 5.97. The van der Waals surface area contributed by atoms with Crippen LogP contribution in [0.1, 0.15) is 5.56 Å². The largest absolute Gasteiger partial charge is 0.495 e. The summed E-state index contributed by atoms with van der Waals surface area (Å²) in [5, 5.41) is 3.01. The van der Waals surface area contributed by atoms with Crippen molar-refractivity contribution >= 4 is 23.3 Å². The van der Waals surface area contributed by atoms with Crippen LogP contribution >= 0.6 is 11.6 Å². The Kier molecular flexibility index (Phi) is 5.22. The number of methoxy groups -OCH3 is 1. The highest BCUT2D eigenvalue weighted by molar-refractivity contribution is 6.31. The molecule has 2 amide bonds. The lowest BCUT2D eigenvalue weighted by Gasteiger charge is -2.20. The lowest BCUT2D eigenvalue weighted by Crippen LogP contribution is -2.31. The van der Waals surface area contributed by atoms with E-state index in [1.807, 2.05) is 0 Å². The van der Waals surface area contributed by atoms with E-state index in [9.17, 15) is 9.18 Å². The molecule has 0 saturated heterocycles. The lowest BCUT2D eigenvalue weighted by atomic mass is 10.2. The summed E-state index contributed by atoms with van der Waals surface area (Å²) in [5.41, 5.74) is 0.823. The standard InChI is InChI=1S/C16H16ClFN2O2/c1-20(10-11-12(17)6-5-7-13(11)18)16(21)19-14-8-3-4-9-15(14)22-2/h3-9H,10H2,1-2H3,(H,19,21). The maximum Gasteiger partial charge on any atom is 0.321 e. The number of rotatable bonds is 4. The summed E-state index contributed by atoms with van der Waals surface area (Å²) in [6, 6.07) is 11.1. The molecule has 0 aliphatic rings. The average molecular weight is 323 g/mol. The van der Waals surface area contributed by atoms with Crippen LogP contribution in [0.15, 0.2) is 42.5 Å². The van der Waals surface area contributed by atoms with Crippen molar-refractivity contribution in [3.63, 3.8) is 0 Å². The number of nitrogens with one attached hydrogen (secondary N) is 1. The fourth-order valence-electron chi connectivity index (χ4n) is 1.95. The van der Waals surface area contributed by atoms with Crippen molar-refractivity contribution in [3.8, 4) is 5.75 Å². The first kappa shape index (κ1) is 16.1. The Balaban J connectivity index is 2.10. The molecule has 22 heavy (non-hydrogen) atoms. The molecule has 0 atom stereocenters. The predicted molar refractivity (Wildman–Crippen MR) is 84.9 cm³/mol. The minimum atomic E-state index is -0.440. The van der Waals surface area contributed by atoms with E-state index in [2.05, 4.69) is 5.32 Å². The quantitative estimate of drug-likeness (QED) is 0.918. The van der Waals surface area contributed by atoms with Gasteiger partial charge in [-0.3, -0.25) is 0 Å². The van der Waals surface area contributed by atoms with Gasteiger partial charge < -0.3 is 15.0 Å². The van der Waals surface area contributed by atoms with Gasteiger partial charge in [-0.05, 0) is 24.3 Å². The van der Waals surface area contributed by atoms with Crippen LogP contribution in [0.3, 0.4) is 0 Å². The van der Waals surface area contributed by atoms with Crippen LogP contribution in [0.4, 0.5) is 14.9 Å². The minimum absolute atomic E-state index is 0.0620. The topological polar surface area (TPSA) is 41.6 Å². The van der Waals surface area contributed by atoms with Crippen LogP contribution in [0.25, 0.3) is 0 Å². The predicted octanol–water partition coefficient (Wildman–Crippen LogP) is 4.15. The zero-order valence-electron chi connectivity index (χ0n) is 12.3. The molecule has 0 spiro atoms. The molecular formula is C16H16ClFN2O2. The Morgan fingerprint density at radius 2 is 2.00 bits per heavy atom. The first-order chi connectivity index (χ1) is 10.5. The van der Waals surface area contributed by atoms with Crippen molar-refractivity contribution in [1.29, 1.82) is 0 Å². The van der Waals surface area contributed by atoms with Gasteiger partial charge in [0.2, 0.25) is 0 Å². The van der Waals surface area contributed by atoms with Crippen molar-refractivity contribution < 1.29 is 13.9 Å². The molecule has 0 saturated carbocycles. The Labute approximate surface area is 133 Å². The molecule has 116 valence electrons. The molecule has 0 aliphatic carbocycles. The summed E-state index contributed by atoms with van der Waals surface area (Å²) < 4.78 is 18.9. The van der Waals surface area contributed by atoms with Crippen LogP contribution < -0.4 is 10.1 Å². The molecule has 0 bridgehead atoms. The van der Waals surface area contributed by atoms with Gasteiger partial charge in [0.25, 0.3) is 0 Å². The molecule has 2 rings (SSSR count). The van der Waals surface area contributed by atoms with Gasteiger partial charge in [-0.15, -0.1) is 0 Å². The third-order valence-corrected chi connectivity index (χ3v) is 3.51. The van der Waals surface area contributed by atoms with E-state index in [1.165, 1.54) is 24.1 Å². The molecule has 4 nitrogen and oxygen atoms in total. The normalized spacial score (nSPS) is 10.2. The summed E-state index contributed by atoms with van der Waals surface area (Å²) in [5.74, 6) is 0.109. The summed E-state index contributed by atoms with van der Waals surface area (Å²) in [6.07, 6.45) is 0. The van der Waals surface area contributed by atoms with E-state index in [0.717, 1.165) is 0 Å². The number of amides is 2. The van der Waals surface area contributed by atoms with Gasteiger partial charge in [0.05, 0.1) is 19.3 Å². The number of anilines is 1. The second kappa shape index (κ2) is 7.13. The molecule has 0 aliphatic heterocycles. The zero-order valence-corrected chi connectivity index (χ0v) is 13.0. The highest BCUT2D eigenvalue weighted by Gasteiger charge is 2.15. The van der Waals surface area contributed by atoms with Crippen molar-refractivity contribution in [2.75, 3.05) is 19.5 Å². The van der Waals surface area contributed by atoms with Crippen molar-refractivity contribution in [2.45, 2.75) is 6.54 Å². The number of ether oxygens (including phenoxy) is 1. The number of carbonyl (C=O) groups excluding carboxylic acids is 1.